The van der Waals surface area contributed by atoms with Crippen molar-refractivity contribution in [2.45, 2.75) is 31.7 Å². The minimum atomic E-state index is 0.602. The molecule has 1 fully saturated rings. The molecule has 1 aliphatic heterocycles. The molecule has 2 rings (SSSR count). The van der Waals surface area contributed by atoms with Crippen LogP contribution in [0.25, 0.3) is 0 Å². The van der Waals surface area contributed by atoms with Crippen molar-refractivity contribution in [2.75, 3.05) is 19.6 Å². The molecule has 1 aromatic rings. The van der Waals surface area contributed by atoms with Crippen molar-refractivity contribution in [2.24, 2.45) is 5.73 Å². The molecule has 1 saturated heterocycles. The minimum Gasteiger partial charge on any atom is -0.329 e. The number of hydrogen-bond acceptors (Lipinski definition) is 3. The fourth-order valence-electron chi connectivity index (χ4n) is 2.44. The van der Waals surface area contributed by atoms with Crippen LogP contribution in [-0.2, 0) is 6.42 Å². The van der Waals surface area contributed by atoms with E-state index in [1.165, 1.54) is 31.4 Å². The molecule has 3 nitrogen and oxygen atoms in total. The SMILES string of the molecule is NCC1CCCCN1CCc1cccnc1. The lowest BCUT2D eigenvalue weighted by Crippen LogP contribution is -2.44. The van der Waals surface area contributed by atoms with Crippen LogP contribution in [0.1, 0.15) is 24.8 Å². The van der Waals surface area contributed by atoms with Crippen molar-refractivity contribution in [1.82, 2.24) is 9.88 Å². The number of pyridine rings is 1. The van der Waals surface area contributed by atoms with Crippen LogP contribution in [0.2, 0.25) is 0 Å². The molecular formula is C13H21N3. The molecule has 3 heteroatoms. The maximum absolute atomic E-state index is 5.81. The number of rotatable bonds is 4. The maximum atomic E-state index is 5.81. The molecule has 16 heavy (non-hydrogen) atoms. The Labute approximate surface area is 97.7 Å². The van der Waals surface area contributed by atoms with Gasteiger partial charge in [-0.2, -0.15) is 0 Å². The van der Waals surface area contributed by atoms with Gasteiger partial charge in [0.15, 0.2) is 0 Å². The molecule has 0 spiro atoms. The topological polar surface area (TPSA) is 42.1 Å². The van der Waals surface area contributed by atoms with Gasteiger partial charge < -0.3 is 5.73 Å². The maximum Gasteiger partial charge on any atom is 0.0300 e. The van der Waals surface area contributed by atoms with Crippen molar-refractivity contribution in [3.05, 3.63) is 30.1 Å². The van der Waals surface area contributed by atoms with Crippen LogP contribution >= 0.6 is 0 Å². The minimum absolute atomic E-state index is 0.602. The molecule has 0 amide bonds. The Morgan fingerprint density at radius 2 is 2.38 bits per heavy atom. The third kappa shape index (κ3) is 3.03. The summed E-state index contributed by atoms with van der Waals surface area (Å²) in [5.74, 6) is 0. The molecule has 0 radical (unpaired) electrons. The van der Waals surface area contributed by atoms with Gasteiger partial charge in [-0.1, -0.05) is 12.5 Å². The lowest BCUT2D eigenvalue weighted by molar-refractivity contribution is 0.155. The van der Waals surface area contributed by atoms with Gasteiger partial charge >= 0.3 is 0 Å². The summed E-state index contributed by atoms with van der Waals surface area (Å²) in [5, 5.41) is 0. The molecule has 88 valence electrons. The zero-order chi connectivity index (χ0) is 11.2. The smallest absolute Gasteiger partial charge is 0.0300 e. The zero-order valence-corrected chi connectivity index (χ0v) is 9.81. The van der Waals surface area contributed by atoms with Gasteiger partial charge in [-0.3, -0.25) is 9.88 Å². The van der Waals surface area contributed by atoms with Crippen LogP contribution < -0.4 is 5.73 Å². The normalized spacial score (nSPS) is 22.2. The molecule has 0 aliphatic carbocycles. The van der Waals surface area contributed by atoms with Crippen LogP contribution in [0, 0.1) is 0 Å². The monoisotopic (exact) mass is 219 g/mol. The quantitative estimate of drug-likeness (QED) is 0.833. The molecule has 2 N–H and O–H groups in total. The summed E-state index contributed by atoms with van der Waals surface area (Å²) >= 11 is 0. The van der Waals surface area contributed by atoms with Gasteiger partial charge in [0.25, 0.3) is 0 Å². The highest BCUT2D eigenvalue weighted by Crippen LogP contribution is 2.16. The summed E-state index contributed by atoms with van der Waals surface area (Å²) in [6.45, 7) is 3.13. The molecule has 1 unspecified atom stereocenters. The summed E-state index contributed by atoms with van der Waals surface area (Å²) in [6.07, 6.45) is 8.80. The Bertz CT molecular complexity index is 299. The van der Waals surface area contributed by atoms with Crippen LogP contribution in [-0.4, -0.2) is 35.6 Å². The first-order chi connectivity index (χ1) is 7.90. The Morgan fingerprint density at radius 1 is 1.44 bits per heavy atom. The van der Waals surface area contributed by atoms with E-state index in [4.69, 9.17) is 5.73 Å². The van der Waals surface area contributed by atoms with Crippen LogP contribution in [0.5, 0.6) is 0 Å². The van der Waals surface area contributed by atoms with Crippen molar-refractivity contribution < 1.29 is 0 Å². The number of piperidine rings is 1. The van der Waals surface area contributed by atoms with Gasteiger partial charge in [0.05, 0.1) is 0 Å². The van der Waals surface area contributed by atoms with Crippen molar-refractivity contribution >= 4 is 0 Å². The first-order valence-corrected chi connectivity index (χ1v) is 6.23. The molecule has 0 saturated carbocycles. The Hall–Kier alpha value is -0.930. The summed E-state index contributed by atoms with van der Waals surface area (Å²) in [6, 6.07) is 4.76. The zero-order valence-electron chi connectivity index (χ0n) is 9.81. The van der Waals surface area contributed by atoms with E-state index in [9.17, 15) is 0 Å². The van der Waals surface area contributed by atoms with E-state index in [-0.39, 0.29) is 0 Å². The largest absolute Gasteiger partial charge is 0.329 e. The fourth-order valence-corrected chi connectivity index (χ4v) is 2.44. The third-order valence-electron chi connectivity index (χ3n) is 3.43. The van der Waals surface area contributed by atoms with Gasteiger partial charge in [-0.15, -0.1) is 0 Å². The second-order valence-electron chi connectivity index (χ2n) is 4.53. The molecule has 1 atom stereocenters. The standard InChI is InChI=1S/C13H21N3/c14-10-13-5-1-2-8-16(13)9-6-12-4-3-7-15-11-12/h3-4,7,11,13H,1-2,5-6,8-10,14H2. The van der Waals surface area contributed by atoms with Gasteiger partial charge in [-0.05, 0) is 37.4 Å². The van der Waals surface area contributed by atoms with Gasteiger partial charge in [0.2, 0.25) is 0 Å². The molecule has 2 heterocycles. The van der Waals surface area contributed by atoms with E-state index in [2.05, 4.69) is 16.0 Å². The first kappa shape index (κ1) is 11.6. The lowest BCUT2D eigenvalue weighted by atomic mass is 10.0. The summed E-state index contributed by atoms with van der Waals surface area (Å²) in [7, 11) is 0. The molecular weight excluding hydrogens is 198 g/mol. The number of nitrogens with zero attached hydrogens (tertiary/aromatic N) is 2. The van der Waals surface area contributed by atoms with Gasteiger partial charge in [-0.25, -0.2) is 0 Å². The first-order valence-electron chi connectivity index (χ1n) is 6.23. The highest BCUT2D eigenvalue weighted by Gasteiger charge is 2.20. The molecule has 0 aromatic carbocycles. The van der Waals surface area contributed by atoms with E-state index in [0.29, 0.717) is 6.04 Å². The molecule has 1 aliphatic rings. The van der Waals surface area contributed by atoms with Crippen LogP contribution in [0.15, 0.2) is 24.5 Å². The average molecular weight is 219 g/mol. The Morgan fingerprint density at radius 3 is 3.12 bits per heavy atom. The highest BCUT2D eigenvalue weighted by atomic mass is 15.2. The molecule has 0 bridgehead atoms. The summed E-state index contributed by atoms with van der Waals surface area (Å²) in [4.78, 5) is 6.68. The van der Waals surface area contributed by atoms with Crippen molar-refractivity contribution in [3.8, 4) is 0 Å². The Balaban J connectivity index is 1.84. The van der Waals surface area contributed by atoms with Crippen LogP contribution in [0.4, 0.5) is 0 Å². The van der Waals surface area contributed by atoms with E-state index in [1.54, 1.807) is 0 Å². The second-order valence-corrected chi connectivity index (χ2v) is 4.53. The van der Waals surface area contributed by atoms with E-state index in [1.807, 2.05) is 18.5 Å². The predicted octanol–water partition coefficient (Wildman–Crippen LogP) is 1.44. The van der Waals surface area contributed by atoms with E-state index < -0.39 is 0 Å². The highest BCUT2D eigenvalue weighted by molar-refractivity contribution is 5.08. The van der Waals surface area contributed by atoms with Crippen molar-refractivity contribution in [3.63, 3.8) is 0 Å². The number of nitrogens with two attached hydrogens (primary N) is 1. The fraction of sp³-hybridized carbons (Fsp3) is 0.615. The average Bonchev–Trinajstić information content (AvgIpc) is 2.38. The number of aromatic nitrogens is 1. The third-order valence-corrected chi connectivity index (χ3v) is 3.43. The predicted molar refractivity (Wildman–Crippen MR) is 66.2 cm³/mol. The summed E-state index contributed by atoms with van der Waals surface area (Å²) in [5.41, 5.74) is 7.13. The summed E-state index contributed by atoms with van der Waals surface area (Å²) < 4.78 is 0. The van der Waals surface area contributed by atoms with Crippen molar-refractivity contribution in [1.29, 1.82) is 0 Å². The Kier molecular flexibility index (Phi) is 4.31. The van der Waals surface area contributed by atoms with Gasteiger partial charge in [0.1, 0.15) is 0 Å². The van der Waals surface area contributed by atoms with E-state index >= 15 is 0 Å². The lowest BCUT2D eigenvalue weighted by Gasteiger charge is -2.34. The number of likely N-dealkylation sites (tertiary alicyclic amines) is 1. The van der Waals surface area contributed by atoms with Crippen LogP contribution in [0.3, 0.4) is 0 Å². The second kappa shape index (κ2) is 5.97. The molecule has 1 aromatic heterocycles. The van der Waals surface area contributed by atoms with E-state index in [0.717, 1.165) is 19.5 Å². The van der Waals surface area contributed by atoms with Gasteiger partial charge in [0, 0.05) is 31.5 Å². The number of hydrogen-bond donors (Lipinski definition) is 1.